The molecule has 32 heavy (non-hydrogen) atoms. The van der Waals surface area contributed by atoms with Gasteiger partial charge in [0.05, 0.1) is 11.4 Å². The molecule has 3 aromatic rings. The highest BCUT2D eigenvalue weighted by Crippen LogP contribution is 2.60. The van der Waals surface area contributed by atoms with Gasteiger partial charge in [0, 0.05) is 16.8 Å². The van der Waals surface area contributed by atoms with E-state index in [0.29, 0.717) is 0 Å². The van der Waals surface area contributed by atoms with Crippen molar-refractivity contribution < 1.29 is 0 Å². The van der Waals surface area contributed by atoms with Crippen molar-refractivity contribution in [1.29, 1.82) is 0 Å². The average molecular weight is 423 g/mol. The van der Waals surface area contributed by atoms with Crippen molar-refractivity contribution in [1.82, 2.24) is 0 Å². The van der Waals surface area contributed by atoms with Gasteiger partial charge in [-0.1, -0.05) is 77.9 Å². The topological polar surface area (TPSA) is 6.48 Å². The number of nitrogens with zero attached hydrogens (tertiary/aromatic N) is 2. The molecule has 2 aliphatic heterocycles. The maximum Gasteiger partial charge on any atom is 0.100 e. The van der Waals surface area contributed by atoms with Gasteiger partial charge in [0.25, 0.3) is 0 Å². The highest BCUT2D eigenvalue weighted by Gasteiger charge is 2.48. The summed E-state index contributed by atoms with van der Waals surface area (Å²) in [4.78, 5) is 5.05. The fourth-order valence-electron chi connectivity index (χ4n) is 6.59. The maximum atomic E-state index is 2.58. The Morgan fingerprint density at radius 3 is 2.06 bits per heavy atom. The van der Waals surface area contributed by atoms with Crippen molar-refractivity contribution in [3.05, 3.63) is 82.9 Å². The third-order valence-electron chi connectivity index (χ3n) is 8.48. The van der Waals surface area contributed by atoms with Crippen molar-refractivity contribution in [2.45, 2.75) is 70.6 Å². The normalized spacial score (nSPS) is 21.1. The van der Waals surface area contributed by atoms with E-state index in [0.717, 1.165) is 6.67 Å². The van der Waals surface area contributed by atoms with Gasteiger partial charge in [-0.05, 0) is 70.2 Å². The largest absolute Gasteiger partial charge is 0.321 e. The van der Waals surface area contributed by atoms with Crippen LogP contribution in [0.2, 0.25) is 0 Å². The van der Waals surface area contributed by atoms with Crippen LogP contribution in [0.5, 0.6) is 0 Å². The predicted molar refractivity (Wildman–Crippen MR) is 136 cm³/mol. The first-order valence-corrected chi connectivity index (χ1v) is 12.0. The molecule has 1 aliphatic carbocycles. The lowest BCUT2D eigenvalue weighted by Crippen LogP contribution is -2.40. The number of benzene rings is 3. The maximum absolute atomic E-state index is 2.58. The smallest absolute Gasteiger partial charge is 0.100 e. The molecule has 2 nitrogen and oxygen atoms in total. The van der Waals surface area contributed by atoms with Gasteiger partial charge < -0.3 is 9.80 Å². The molecular formula is C30H34N2. The zero-order valence-corrected chi connectivity index (χ0v) is 20.3. The van der Waals surface area contributed by atoms with Crippen molar-refractivity contribution in [2.75, 3.05) is 16.5 Å². The zero-order valence-electron chi connectivity index (χ0n) is 20.3. The van der Waals surface area contributed by atoms with E-state index in [1.54, 1.807) is 16.7 Å². The summed E-state index contributed by atoms with van der Waals surface area (Å²) in [6, 6.07) is 22.6. The Balaban J connectivity index is 1.65. The minimum Gasteiger partial charge on any atom is -0.321 e. The lowest BCUT2D eigenvalue weighted by molar-refractivity contribution is 0.326. The second kappa shape index (κ2) is 6.19. The molecule has 0 N–H and O–H groups in total. The van der Waals surface area contributed by atoms with Gasteiger partial charge in [0.2, 0.25) is 0 Å². The summed E-state index contributed by atoms with van der Waals surface area (Å²) < 4.78 is 0. The highest BCUT2D eigenvalue weighted by molar-refractivity contribution is 5.94. The number of hydrogen-bond acceptors (Lipinski definition) is 2. The molecular weight excluding hydrogens is 388 g/mol. The molecule has 0 spiro atoms. The van der Waals surface area contributed by atoms with E-state index in [-0.39, 0.29) is 16.2 Å². The Morgan fingerprint density at radius 2 is 1.31 bits per heavy atom. The van der Waals surface area contributed by atoms with Crippen molar-refractivity contribution in [2.24, 2.45) is 0 Å². The van der Waals surface area contributed by atoms with E-state index in [2.05, 4.69) is 112 Å². The first kappa shape index (κ1) is 19.9. The lowest BCUT2D eigenvalue weighted by Gasteiger charge is -2.49. The molecule has 0 amide bonds. The Morgan fingerprint density at radius 1 is 0.594 bits per heavy atom. The second-order valence-corrected chi connectivity index (χ2v) is 11.8. The summed E-state index contributed by atoms with van der Waals surface area (Å²) in [5.74, 6) is 0. The highest BCUT2D eigenvalue weighted by atomic mass is 15.4. The molecule has 0 atom stereocenters. The van der Waals surface area contributed by atoms with Crippen LogP contribution in [-0.4, -0.2) is 6.67 Å². The number of hydrogen-bond donors (Lipinski definition) is 0. The van der Waals surface area contributed by atoms with E-state index in [1.165, 1.54) is 41.2 Å². The SMILES string of the molecule is CC1(C)CCC(C)(C)c2c1ccc1c2C(C)(C)c2cccc3c2N1CN3c1ccccc1. The molecule has 0 aromatic heterocycles. The fraction of sp³-hybridized carbons (Fsp3) is 0.400. The van der Waals surface area contributed by atoms with Gasteiger partial charge in [-0.25, -0.2) is 0 Å². The van der Waals surface area contributed by atoms with E-state index in [1.807, 2.05) is 0 Å². The van der Waals surface area contributed by atoms with Crippen LogP contribution < -0.4 is 9.80 Å². The van der Waals surface area contributed by atoms with Gasteiger partial charge in [-0.3, -0.25) is 0 Å². The average Bonchev–Trinajstić information content (AvgIpc) is 3.16. The monoisotopic (exact) mass is 422 g/mol. The van der Waals surface area contributed by atoms with Crippen LogP contribution in [0.1, 0.15) is 76.6 Å². The molecule has 3 aromatic carbocycles. The molecule has 164 valence electrons. The molecule has 3 aliphatic rings. The van der Waals surface area contributed by atoms with Crippen LogP contribution in [-0.2, 0) is 16.2 Å². The quantitative estimate of drug-likeness (QED) is 0.393. The molecule has 0 saturated carbocycles. The van der Waals surface area contributed by atoms with Gasteiger partial charge in [-0.2, -0.15) is 0 Å². The van der Waals surface area contributed by atoms with Crippen LogP contribution in [0.3, 0.4) is 0 Å². The van der Waals surface area contributed by atoms with Gasteiger partial charge in [0.1, 0.15) is 6.67 Å². The molecule has 0 radical (unpaired) electrons. The van der Waals surface area contributed by atoms with E-state index < -0.39 is 0 Å². The third-order valence-corrected chi connectivity index (χ3v) is 8.48. The summed E-state index contributed by atoms with van der Waals surface area (Å²) in [7, 11) is 0. The van der Waals surface area contributed by atoms with Crippen molar-refractivity contribution in [3.8, 4) is 0 Å². The molecule has 6 rings (SSSR count). The first-order chi connectivity index (χ1) is 15.1. The van der Waals surface area contributed by atoms with E-state index >= 15 is 0 Å². The number of para-hydroxylation sites is 2. The van der Waals surface area contributed by atoms with Crippen molar-refractivity contribution >= 4 is 22.7 Å². The first-order valence-electron chi connectivity index (χ1n) is 12.0. The Labute approximate surface area is 192 Å². The second-order valence-electron chi connectivity index (χ2n) is 11.8. The Hall–Kier alpha value is -2.74. The van der Waals surface area contributed by atoms with Crippen LogP contribution in [0, 0.1) is 0 Å². The van der Waals surface area contributed by atoms with Crippen LogP contribution in [0.25, 0.3) is 0 Å². The molecule has 0 unspecified atom stereocenters. The van der Waals surface area contributed by atoms with Crippen LogP contribution in [0.15, 0.2) is 60.7 Å². The summed E-state index contributed by atoms with van der Waals surface area (Å²) in [5.41, 5.74) is 11.9. The van der Waals surface area contributed by atoms with E-state index in [4.69, 9.17) is 0 Å². The molecule has 2 heterocycles. The van der Waals surface area contributed by atoms with Gasteiger partial charge in [0.15, 0.2) is 0 Å². The Kier molecular flexibility index (Phi) is 3.85. The number of rotatable bonds is 1. The van der Waals surface area contributed by atoms with Gasteiger partial charge >= 0.3 is 0 Å². The van der Waals surface area contributed by atoms with Gasteiger partial charge in [-0.15, -0.1) is 0 Å². The standard InChI is InChI=1S/C30H34N2/c1-28(2)17-18-29(3,4)25-21(28)15-16-23-26(25)30(5,6)22-13-10-14-24-27(22)32(23)19-31(24)20-11-8-7-9-12-20/h7-16H,17-19H2,1-6H3. The molecule has 2 heteroatoms. The predicted octanol–water partition coefficient (Wildman–Crippen LogP) is 7.92. The van der Waals surface area contributed by atoms with Crippen LogP contribution >= 0.6 is 0 Å². The number of anilines is 4. The summed E-state index contributed by atoms with van der Waals surface area (Å²) in [6.45, 7) is 15.5. The third kappa shape index (κ3) is 2.47. The number of fused-ring (bicyclic) bond motifs is 4. The van der Waals surface area contributed by atoms with Crippen molar-refractivity contribution in [3.63, 3.8) is 0 Å². The van der Waals surface area contributed by atoms with E-state index in [9.17, 15) is 0 Å². The molecule has 0 saturated heterocycles. The zero-order chi connectivity index (χ0) is 22.5. The van der Waals surface area contributed by atoms with Crippen LogP contribution in [0.4, 0.5) is 22.7 Å². The minimum absolute atomic E-state index is 0.0418. The Bertz CT molecular complexity index is 1230. The minimum atomic E-state index is -0.0418. The molecule has 0 bridgehead atoms. The molecule has 0 fully saturated rings. The summed E-state index contributed by atoms with van der Waals surface area (Å²) in [5, 5.41) is 0. The summed E-state index contributed by atoms with van der Waals surface area (Å²) >= 11 is 0. The fourth-order valence-corrected chi connectivity index (χ4v) is 6.59. The lowest BCUT2D eigenvalue weighted by atomic mass is 9.58. The summed E-state index contributed by atoms with van der Waals surface area (Å²) in [6.07, 6.45) is 2.49.